The molecule has 0 fully saturated rings. The molecule has 2 heterocycles. The second-order valence-electron chi connectivity index (χ2n) is 10.6. The molecule has 0 saturated heterocycles. The largest absolute Gasteiger partial charge is 0.748 e. The number of fused-ring (bicyclic) bond motifs is 2. The van der Waals surface area contributed by atoms with Gasteiger partial charge in [0.1, 0.15) is 4.70 Å². The lowest BCUT2D eigenvalue weighted by atomic mass is 10.1. The summed E-state index contributed by atoms with van der Waals surface area (Å²) in [4.78, 5) is 13.5. The molecule has 48 heavy (non-hydrogen) atoms. The van der Waals surface area contributed by atoms with Gasteiger partial charge in [0.15, 0.2) is 6.54 Å². The van der Waals surface area contributed by atoms with Crippen molar-refractivity contribution in [2.24, 2.45) is 0 Å². The minimum Gasteiger partial charge on any atom is -0.748 e. The highest BCUT2D eigenvalue weighted by Crippen LogP contribution is 2.47. The first-order valence-electron chi connectivity index (χ1n) is 14.3. The third-order valence-corrected chi connectivity index (χ3v) is 11.4. The Balaban J connectivity index is 1.61. The van der Waals surface area contributed by atoms with Gasteiger partial charge in [0.2, 0.25) is 5.52 Å². The Hall–Kier alpha value is -3.28. The average Bonchev–Trinajstić information content (AvgIpc) is 3.51. The van der Waals surface area contributed by atoms with E-state index in [0.717, 1.165) is 30.8 Å². The van der Waals surface area contributed by atoms with E-state index in [4.69, 9.17) is 23.2 Å². The number of nitrogens with zero attached hydrogens (tertiary/aromatic N) is 3. The topological polar surface area (TPSA) is 162 Å². The molecule has 11 nitrogen and oxygen atoms in total. The first-order valence-corrected chi connectivity index (χ1v) is 19.8. The second-order valence-corrected chi connectivity index (χ2v) is 16.7. The van der Waals surface area contributed by atoms with Gasteiger partial charge in [0.25, 0.3) is 20.8 Å². The molecule has 0 spiro atoms. The van der Waals surface area contributed by atoms with Gasteiger partial charge in [-0.2, -0.15) is 13.0 Å². The molecular formula is C31H27Cl2N3O8S4. The number of aromatic nitrogens is 1. The maximum atomic E-state index is 11.5. The molecule has 0 unspecified atom stereocenters. The summed E-state index contributed by atoms with van der Waals surface area (Å²) in [5, 5.41) is 13.6. The fourth-order valence-corrected chi connectivity index (χ4v) is 8.52. The third-order valence-electron chi connectivity index (χ3n) is 7.10. The Bertz CT molecular complexity index is 2180. The smallest absolute Gasteiger partial charge is 0.269 e. The van der Waals surface area contributed by atoms with E-state index in [1.165, 1.54) is 35.2 Å². The number of rotatable bonds is 13. The summed E-state index contributed by atoms with van der Waals surface area (Å²) in [6.07, 6.45) is 7.63. The Labute approximate surface area is 295 Å². The number of halogens is 2. The minimum atomic E-state index is -4.43. The van der Waals surface area contributed by atoms with E-state index in [0.29, 0.717) is 21.2 Å². The number of nitro benzene ring substituents is 1. The van der Waals surface area contributed by atoms with Crippen molar-refractivity contribution in [3.63, 3.8) is 0 Å². The molecule has 5 rings (SSSR count). The Morgan fingerprint density at radius 2 is 1.69 bits per heavy atom. The van der Waals surface area contributed by atoms with Crippen molar-refractivity contribution in [1.82, 2.24) is 0 Å². The lowest BCUT2D eigenvalue weighted by Gasteiger charge is -2.20. The number of thiazole rings is 1. The van der Waals surface area contributed by atoms with Gasteiger partial charge in [-0.25, -0.2) is 8.42 Å². The highest BCUT2D eigenvalue weighted by atomic mass is 35.5. The van der Waals surface area contributed by atoms with E-state index in [9.17, 15) is 36.1 Å². The molecule has 0 amide bonds. The minimum absolute atomic E-state index is 0.0468. The summed E-state index contributed by atoms with van der Waals surface area (Å²) in [7, 11) is -8.61. The average molecular weight is 769 g/mol. The van der Waals surface area contributed by atoms with Crippen molar-refractivity contribution in [2.75, 3.05) is 23.0 Å². The standard InChI is InChI=1S/C31H27Cl2N3O8S4/c32-23-7-11-28-26(19-23)34(13-1-15-47(39,40)41)30(45-28)17-22(4-3-21-5-9-25(10-6-21)36(37)38)18-31-35(14-2-16-48(42,43)44)27-20-24(33)8-12-29(27)46-31/h3-12,17-20H,1-2,13-16H2,(H-,39,40,41,42,43,44)/b4-3+. The highest BCUT2D eigenvalue weighted by Gasteiger charge is 2.26. The maximum Gasteiger partial charge on any atom is 0.269 e. The predicted octanol–water partition coefficient (Wildman–Crippen LogP) is 7.17. The van der Waals surface area contributed by atoms with Crippen LogP contribution in [0.5, 0.6) is 0 Å². The normalized spacial score (nSPS) is 14.8. The van der Waals surface area contributed by atoms with Gasteiger partial charge in [-0.05, 0) is 66.1 Å². The van der Waals surface area contributed by atoms with Crippen LogP contribution in [-0.2, 0) is 26.8 Å². The van der Waals surface area contributed by atoms with Crippen LogP contribution >= 0.6 is 46.3 Å². The van der Waals surface area contributed by atoms with Crippen LogP contribution < -0.4 is 9.47 Å². The maximum absolute atomic E-state index is 11.5. The predicted molar refractivity (Wildman–Crippen MR) is 190 cm³/mol. The summed E-state index contributed by atoms with van der Waals surface area (Å²) in [5.41, 5.74) is 2.86. The number of thioether (sulfide) groups is 1. The van der Waals surface area contributed by atoms with E-state index in [2.05, 4.69) is 0 Å². The molecule has 3 aromatic carbocycles. The van der Waals surface area contributed by atoms with Gasteiger partial charge in [-0.1, -0.05) is 58.5 Å². The number of benzene rings is 3. The monoisotopic (exact) mass is 767 g/mol. The lowest BCUT2D eigenvalue weighted by Crippen LogP contribution is -2.36. The molecule has 0 radical (unpaired) electrons. The van der Waals surface area contributed by atoms with E-state index in [-0.39, 0.29) is 31.6 Å². The van der Waals surface area contributed by atoms with Crippen molar-refractivity contribution >= 4 is 100 Å². The molecule has 17 heteroatoms. The van der Waals surface area contributed by atoms with E-state index in [1.54, 1.807) is 42.5 Å². The van der Waals surface area contributed by atoms with Crippen LogP contribution in [0, 0.1) is 10.1 Å². The van der Waals surface area contributed by atoms with E-state index < -0.39 is 36.7 Å². The third kappa shape index (κ3) is 9.66. The van der Waals surface area contributed by atoms with Crippen molar-refractivity contribution in [1.29, 1.82) is 0 Å². The van der Waals surface area contributed by atoms with Crippen LogP contribution in [0.15, 0.2) is 88.3 Å². The summed E-state index contributed by atoms with van der Waals surface area (Å²) >= 11 is 15.5. The molecular weight excluding hydrogens is 742 g/mol. The van der Waals surface area contributed by atoms with Gasteiger partial charge in [-0.15, -0.1) is 0 Å². The van der Waals surface area contributed by atoms with Gasteiger partial charge in [0.05, 0.1) is 31.5 Å². The molecule has 0 atom stereocenters. The quantitative estimate of drug-likeness (QED) is 0.0486. The number of nitro groups is 1. The summed E-state index contributed by atoms with van der Waals surface area (Å²) < 4.78 is 69.2. The summed E-state index contributed by atoms with van der Waals surface area (Å²) in [5.74, 6) is -0.961. The van der Waals surface area contributed by atoms with E-state index >= 15 is 0 Å². The van der Waals surface area contributed by atoms with Crippen molar-refractivity contribution < 1.29 is 35.4 Å². The van der Waals surface area contributed by atoms with Crippen molar-refractivity contribution in [3.8, 4) is 0 Å². The number of allylic oxidation sites excluding steroid dienone is 3. The van der Waals surface area contributed by atoms with Gasteiger partial charge >= 0.3 is 0 Å². The zero-order valence-corrected chi connectivity index (χ0v) is 29.6. The fourth-order valence-electron chi connectivity index (χ4n) is 4.95. The molecule has 0 saturated carbocycles. The number of hydrogen-bond acceptors (Lipinski definition) is 10. The summed E-state index contributed by atoms with van der Waals surface area (Å²) in [6.45, 7) is 0.486. The molecule has 4 aromatic rings. The number of hydrogen-bond donors (Lipinski definition) is 1. The second kappa shape index (κ2) is 15.1. The summed E-state index contributed by atoms with van der Waals surface area (Å²) in [6, 6.07) is 16.8. The van der Waals surface area contributed by atoms with Crippen molar-refractivity contribution in [3.05, 3.63) is 114 Å². The van der Waals surface area contributed by atoms with Crippen LogP contribution in [0.3, 0.4) is 0 Å². The van der Waals surface area contributed by atoms with Crippen LogP contribution in [0.2, 0.25) is 10.0 Å². The molecule has 0 aliphatic carbocycles. The SMILES string of the molecule is O=[N+]([O-])c1ccc(/C=C/C(/C=C2\Sc3ccc(Cl)cc3N2CCCS(=O)(=O)O)=C\c2sc3ccc(Cl)cc3[n+]2CCCS(=O)(=O)[O-])cc1. The van der Waals surface area contributed by atoms with Gasteiger partial charge in [0, 0.05) is 57.9 Å². The van der Waals surface area contributed by atoms with Crippen molar-refractivity contribution in [2.45, 2.75) is 24.3 Å². The van der Waals surface area contributed by atoms with E-state index in [1.807, 2.05) is 39.8 Å². The zero-order chi connectivity index (χ0) is 34.6. The number of non-ortho nitro benzene ring substituents is 1. The Morgan fingerprint density at radius 3 is 2.38 bits per heavy atom. The fraction of sp³-hybridized carbons (Fsp3) is 0.194. The first-order chi connectivity index (χ1) is 22.6. The molecule has 1 N–H and O–H groups in total. The molecule has 1 aliphatic heterocycles. The van der Waals surface area contributed by atoms with Gasteiger partial charge in [-0.3, -0.25) is 14.7 Å². The zero-order valence-electron chi connectivity index (χ0n) is 24.9. The van der Waals surface area contributed by atoms with Crippen LogP contribution in [0.25, 0.3) is 22.4 Å². The Morgan fingerprint density at radius 1 is 0.979 bits per heavy atom. The molecule has 252 valence electrons. The highest BCUT2D eigenvalue weighted by molar-refractivity contribution is 8.03. The van der Waals surface area contributed by atoms with Crippen LogP contribution in [0.1, 0.15) is 23.4 Å². The van der Waals surface area contributed by atoms with Crippen LogP contribution in [0.4, 0.5) is 11.4 Å². The number of aryl methyl sites for hydroxylation is 1. The lowest BCUT2D eigenvalue weighted by molar-refractivity contribution is -0.668. The Kier molecular flexibility index (Phi) is 11.3. The number of anilines is 1. The molecule has 0 bridgehead atoms. The van der Waals surface area contributed by atoms with Crippen LogP contribution in [-0.4, -0.2) is 48.9 Å². The molecule has 1 aliphatic rings. The molecule has 1 aromatic heterocycles. The van der Waals surface area contributed by atoms with Gasteiger partial charge < -0.3 is 9.45 Å². The first kappa shape index (κ1) is 36.0.